The van der Waals surface area contributed by atoms with E-state index in [1.165, 1.54) is 6.42 Å². The van der Waals surface area contributed by atoms with Crippen molar-refractivity contribution in [2.24, 2.45) is 0 Å². The molecule has 22 heavy (non-hydrogen) atoms. The van der Waals surface area contributed by atoms with E-state index in [1.54, 1.807) is 0 Å². The first kappa shape index (κ1) is 23.1. The van der Waals surface area contributed by atoms with Crippen molar-refractivity contribution < 1.29 is 33.4 Å². The summed E-state index contributed by atoms with van der Waals surface area (Å²) in [5.74, 6) is 0. The Bertz CT molecular complexity index is 608. The number of hydrogen-bond acceptors (Lipinski definition) is 3. The average molecular weight is 415 g/mol. The zero-order valence-electron chi connectivity index (χ0n) is 12.9. The molecule has 3 N–H and O–H groups in total. The molecule has 6 heteroatoms. The molecule has 0 amide bonds. The maximum absolute atomic E-state index is 9.19. The molecular formula is C16H22NO3PdS-. The summed E-state index contributed by atoms with van der Waals surface area (Å²) in [6.07, 6.45) is 1.97. The molecular weight excluding hydrogens is 393 g/mol. The Hall–Kier alpha value is -1.19. The van der Waals surface area contributed by atoms with Crippen LogP contribution in [0.3, 0.4) is 0 Å². The van der Waals surface area contributed by atoms with E-state index >= 15 is 0 Å². The second-order valence-corrected chi connectivity index (χ2v) is 5.77. The molecule has 2 aromatic carbocycles. The fourth-order valence-electron chi connectivity index (χ4n) is 1.30. The predicted molar refractivity (Wildman–Crippen MR) is 88.6 cm³/mol. The molecule has 0 radical (unpaired) electrons. The molecule has 2 aromatic rings. The Labute approximate surface area is 147 Å². The van der Waals surface area contributed by atoms with Crippen LogP contribution in [0.25, 0.3) is 11.1 Å². The Morgan fingerprint density at radius 2 is 1.55 bits per heavy atom. The van der Waals surface area contributed by atoms with Crippen LogP contribution in [0.2, 0.25) is 0 Å². The van der Waals surface area contributed by atoms with Crippen molar-refractivity contribution in [2.75, 3.05) is 12.0 Å². The third-order valence-corrected chi connectivity index (χ3v) is 1.96. The van der Waals surface area contributed by atoms with Crippen molar-refractivity contribution >= 4 is 15.8 Å². The SMILES string of the molecule is CCC.CS(=O)(=O)O.Nc1ccccc1-c1[c-]cccc1.[Pd]. The number of para-hydroxylation sites is 1. The van der Waals surface area contributed by atoms with Gasteiger partial charge in [0.25, 0.3) is 10.1 Å². The maximum atomic E-state index is 9.19. The molecule has 126 valence electrons. The minimum Gasteiger partial charge on any atom is -0.406 e. The Morgan fingerprint density at radius 1 is 1.09 bits per heavy atom. The molecule has 0 aromatic heterocycles. The molecule has 0 aliphatic carbocycles. The van der Waals surface area contributed by atoms with Crippen LogP contribution >= 0.6 is 0 Å². The zero-order chi connectivity index (χ0) is 16.3. The van der Waals surface area contributed by atoms with Gasteiger partial charge in [0.1, 0.15) is 0 Å². The molecule has 0 saturated carbocycles. The van der Waals surface area contributed by atoms with Gasteiger partial charge < -0.3 is 5.73 Å². The van der Waals surface area contributed by atoms with Gasteiger partial charge in [-0.15, -0.1) is 35.9 Å². The Balaban J connectivity index is 0. The third-order valence-electron chi connectivity index (χ3n) is 1.96. The van der Waals surface area contributed by atoms with E-state index in [0.29, 0.717) is 6.26 Å². The number of rotatable bonds is 1. The van der Waals surface area contributed by atoms with Crippen LogP contribution in [0.1, 0.15) is 20.3 Å². The number of nitrogen functional groups attached to an aromatic ring is 1. The summed E-state index contributed by atoms with van der Waals surface area (Å²) < 4.78 is 25.9. The van der Waals surface area contributed by atoms with E-state index < -0.39 is 10.1 Å². The van der Waals surface area contributed by atoms with Gasteiger partial charge in [-0.1, -0.05) is 44.0 Å². The van der Waals surface area contributed by atoms with Gasteiger partial charge in [0.15, 0.2) is 0 Å². The van der Waals surface area contributed by atoms with Crippen molar-refractivity contribution in [3.05, 3.63) is 54.6 Å². The van der Waals surface area contributed by atoms with Crippen LogP contribution in [-0.2, 0) is 30.5 Å². The number of benzene rings is 2. The van der Waals surface area contributed by atoms with Gasteiger partial charge in [0, 0.05) is 20.4 Å². The second-order valence-electron chi connectivity index (χ2n) is 4.30. The first-order valence-electron chi connectivity index (χ1n) is 6.53. The van der Waals surface area contributed by atoms with Crippen LogP contribution in [0.5, 0.6) is 0 Å². The molecule has 0 atom stereocenters. The van der Waals surface area contributed by atoms with Gasteiger partial charge in [0.05, 0.1) is 6.26 Å². The quantitative estimate of drug-likeness (QED) is 0.323. The summed E-state index contributed by atoms with van der Waals surface area (Å²) in [4.78, 5) is 0. The van der Waals surface area contributed by atoms with Gasteiger partial charge in [-0.05, 0) is 11.8 Å². The summed E-state index contributed by atoms with van der Waals surface area (Å²) in [6, 6.07) is 18.8. The second kappa shape index (κ2) is 12.4. The molecule has 0 aliphatic heterocycles. The van der Waals surface area contributed by atoms with Crippen LogP contribution in [-0.4, -0.2) is 19.2 Å². The van der Waals surface area contributed by atoms with E-state index in [0.717, 1.165) is 16.8 Å². The Morgan fingerprint density at radius 3 is 1.95 bits per heavy atom. The van der Waals surface area contributed by atoms with Crippen molar-refractivity contribution in [3.63, 3.8) is 0 Å². The fraction of sp³-hybridized carbons (Fsp3) is 0.250. The largest absolute Gasteiger partial charge is 0.406 e. The zero-order valence-corrected chi connectivity index (χ0v) is 15.3. The minimum atomic E-state index is -3.67. The van der Waals surface area contributed by atoms with Crippen molar-refractivity contribution in [2.45, 2.75) is 20.3 Å². The van der Waals surface area contributed by atoms with E-state index in [-0.39, 0.29) is 20.4 Å². The average Bonchev–Trinajstić information content (AvgIpc) is 2.39. The molecule has 0 fully saturated rings. The standard InChI is InChI=1S/C12H10N.C3H8.CH4O3S.Pd/c13-12-9-5-4-8-11(12)10-6-2-1-3-7-10;1-3-2;1-5(2,3)4;/h1-6,8-9H,13H2;3H2,1-2H3;1H3,(H,2,3,4);/q-1;;;. The molecule has 0 saturated heterocycles. The van der Waals surface area contributed by atoms with Crippen LogP contribution in [0, 0.1) is 6.07 Å². The Kier molecular flexibility index (Phi) is 13.0. The molecule has 0 spiro atoms. The van der Waals surface area contributed by atoms with Gasteiger partial charge >= 0.3 is 0 Å². The third kappa shape index (κ3) is 12.5. The molecule has 0 heterocycles. The first-order valence-corrected chi connectivity index (χ1v) is 8.38. The monoisotopic (exact) mass is 414 g/mol. The number of hydrogen-bond donors (Lipinski definition) is 2. The summed E-state index contributed by atoms with van der Waals surface area (Å²) in [6.45, 7) is 4.25. The van der Waals surface area contributed by atoms with E-state index in [9.17, 15) is 8.42 Å². The summed E-state index contributed by atoms with van der Waals surface area (Å²) in [5, 5.41) is 0. The van der Waals surface area contributed by atoms with Crippen molar-refractivity contribution in [3.8, 4) is 11.1 Å². The molecule has 2 rings (SSSR count). The number of anilines is 1. The molecule has 0 aliphatic rings. The van der Waals surface area contributed by atoms with Crippen LogP contribution in [0.15, 0.2) is 48.5 Å². The summed E-state index contributed by atoms with van der Waals surface area (Å²) >= 11 is 0. The van der Waals surface area contributed by atoms with Gasteiger partial charge in [-0.2, -0.15) is 8.42 Å². The summed E-state index contributed by atoms with van der Waals surface area (Å²) in [5.41, 5.74) is 8.72. The van der Waals surface area contributed by atoms with Crippen LogP contribution in [0.4, 0.5) is 5.69 Å². The topological polar surface area (TPSA) is 80.4 Å². The fourth-order valence-corrected chi connectivity index (χ4v) is 1.30. The van der Waals surface area contributed by atoms with Crippen LogP contribution < -0.4 is 5.73 Å². The molecule has 0 bridgehead atoms. The number of nitrogens with two attached hydrogens (primary N) is 1. The smallest absolute Gasteiger partial charge is 0.261 e. The maximum Gasteiger partial charge on any atom is 0.261 e. The molecule has 0 unspecified atom stereocenters. The van der Waals surface area contributed by atoms with E-state index in [1.807, 2.05) is 48.5 Å². The minimum absolute atomic E-state index is 0. The summed E-state index contributed by atoms with van der Waals surface area (Å²) in [7, 11) is -3.67. The van der Waals surface area contributed by atoms with Gasteiger partial charge in [0.2, 0.25) is 0 Å². The first-order chi connectivity index (χ1) is 9.79. The normalized spacial score (nSPS) is 9.27. The van der Waals surface area contributed by atoms with E-state index in [4.69, 9.17) is 10.3 Å². The molecule has 4 nitrogen and oxygen atoms in total. The van der Waals surface area contributed by atoms with Gasteiger partial charge in [-0.3, -0.25) is 4.55 Å². The van der Waals surface area contributed by atoms with E-state index in [2.05, 4.69) is 19.9 Å². The van der Waals surface area contributed by atoms with Crippen molar-refractivity contribution in [1.82, 2.24) is 0 Å². The van der Waals surface area contributed by atoms with Crippen molar-refractivity contribution in [1.29, 1.82) is 0 Å². The predicted octanol–water partition coefficient (Wildman–Crippen LogP) is 3.65. The van der Waals surface area contributed by atoms with Gasteiger partial charge in [-0.25, -0.2) is 0 Å².